The predicted molar refractivity (Wildman–Crippen MR) is 80.1 cm³/mol. The van der Waals surface area contributed by atoms with Crippen LogP contribution in [0.2, 0.25) is 0 Å². The van der Waals surface area contributed by atoms with Gasteiger partial charge in [-0.3, -0.25) is 14.7 Å². The van der Waals surface area contributed by atoms with Crippen LogP contribution in [0.1, 0.15) is 51.8 Å². The van der Waals surface area contributed by atoms with Crippen molar-refractivity contribution in [3.05, 3.63) is 41.5 Å². The molecule has 1 atom stereocenters. The van der Waals surface area contributed by atoms with Crippen LogP contribution in [0.4, 0.5) is 0 Å². The molecule has 0 bridgehead atoms. The minimum Gasteiger partial charge on any atom is -0.366 e. The van der Waals surface area contributed by atoms with Gasteiger partial charge in [0.15, 0.2) is 0 Å². The van der Waals surface area contributed by atoms with E-state index in [1.165, 1.54) is 0 Å². The van der Waals surface area contributed by atoms with E-state index in [0.717, 1.165) is 25.0 Å². The molecule has 22 heavy (non-hydrogen) atoms. The van der Waals surface area contributed by atoms with E-state index in [2.05, 4.69) is 10.2 Å². The second kappa shape index (κ2) is 5.67. The summed E-state index contributed by atoms with van der Waals surface area (Å²) in [5.41, 5.74) is 7.05. The van der Waals surface area contributed by atoms with E-state index in [4.69, 9.17) is 5.73 Å². The van der Waals surface area contributed by atoms with Crippen molar-refractivity contribution in [2.75, 3.05) is 6.54 Å². The number of likely N-dealkylation sites (tertiary alicyclic amines) is 1. The van der Waals surface area contributed by atoms with Crippen molar-refractivity contribution in [1.29, 1.82) is 0 Å². The van der Waals surface area contributed by atoms with Crippen molar-refractivity contribution in [2.24, 2.45) is 12.8 Å². The van der Waals surface area contributed by atoms with Gasteiger partial charge in [-0.05, 0) is 31.4 Å². The third-order valence-electron chi connectivity index (χ3n) is 4.15. The maximum Gasteiger partial charge on any atom is 0.271 e. The minimum atomic E-state index is -0.529. The van der Waals surface area contributed by atoms with Crippen LogP contribution in [0.15, 0.2) is 24.5 Å². The quantitative estimate of drug-likeness (QED) is 0.891. The third kappa shape index (κ3) is 2.49. The summed E-state index contributed by atoms with van der Waals surface area (Å²) in [7, 11) is 1.74. The van der Waals surface area contributed by atoms with Crippen molar-refractivity contribution in [2.45, 2.75) is 25.3 Å². The molecular weight excluding hydrogens is 282 g/mol. The Morgan fingerprint density at radius 3 is 2.86 bits per heavy atom. The van der Waals surface area contributed by atoms with Gasteiger partial charge in [0.1, 0.15) is 5.69 Å². The highest BCUT2D eigenvalue weighted by Crippen LogP contribution is 2.31. The molecule has 0 radical (unpaired) electrons. The molecule has 1 aliphatic heterocycles. The highest BCUT2D eigenvalue weighted by atomic mass is 16.2. The molecular formula is C15H19N5O2. The standard InChI is InChI=1S/C15H19N5O2/c1-19-9-10(14(16)21)8-13(19)15(22)20-7-3-2-4-12(20)11-5-6-17-18-11/h5-6,8-9,12H,2-4,7H2,1H3,(H2,16,21)(H,17,18). The van der Waals surface area contributed by atoms with Crippen molar-refractivity contribution < 1.29 is 9.59 Å². The molecule has 3 heterocycles. The van der Waals surface area contributed by atoms with Crippen LogP contribution in [0.25, 0.3) is 0 Å². The second-order valence-corrected chi connectivity index (χ2v) is 5.61. The number of hydrogen-bond acceptors (Lipinski definition) is 3. The number of aromatic amines is 1. The molecule has 0 aromatic carbocycles. The van der Waals surface area contributed by atoms with E-state index < -0.39 is 5.91 Å². The molecule has 3 rings (SSSR count). The number of aryl methyl sites for hydroxylation is 1. The van der Waals surface area contributed by atoms with E-state index in [0.29, 0.717) is 17.8 Å². The molecule has 1 saturated heterocycles. The summed E-state index contributed by atoms with van der Waals surface area (Å²) in [5, 5.41) is 6.94. The maximum absolute atomic E-state index is 12.9. The minimum absolute atomic E-state index is 0.00400. The van der Waals surface area contributed by atoms with Crippen molar-refractivity contribution in [3.63, 3.8) is 0 Å². The van der Waals surface area contributed by atoms with E-state index in [1.807, 2.05) is 11.0 Å². The Kier molecular flexibility index (Phi) is 3.70. The van der Waals surface area contributed by atoms with Gasteiger partial charge in [-0.25, -0.2) is 0 Å². The van der Waals surface area contributed by atoms with Gasteiger partial charge in [-0.15, -0.1) is 0 Å². The molecule has 116 valence electrons. The fourth-order valence-corrected chi connectivity index (χ4v) is 3.01. The first-order valence-corrected chi connectivity index (χ1v) is 7.34. The average molecular weight is 301 g/mol. The molecule has 3 N–H and O–H groups in total. The number of hydrogen-bond donors (Lipinski definition) is 2. The molecule has 7 nitrogen and oxygen atoms in total. The number of nitrogens with two attached hydrogens (primary N) is 1. The number of carbonyl (C=O) groups excluding carboxylic acids is 2. The Bertz CT molecular complexity index is 689. The zero-order chi connectivity index (χ0) is 15.7. The van der Waals surface area contributed by atoms with Crippen LogP contribution in [-0.4, -0.2) is 38.0 Å². The van der Waals surface area contributed by atoms with E-state index in [1.54, 1.807) is 30.1 Å². The Morgan fingerprint density at radius 1 is 1.41 bits per heavy atom. The molecule has 1 unspecified atom stereocenters. The first kappa shape index (κ1) is 14.4. The number of primary amides is 1. The van der Waals surface area contributed by atoms with Gasteiger partial charge < -0.3 is 15.2 Å². The largest absolute Gasteiger partial charge is 0.366 e. The summed E-state index contributed by atoms with van der Waals surface area (Å²) in [5.74, 6) is -0.618. The summed E-state index contributed by atoms with van der Waals surface area (Å²) in [6, 6.07) is 3.45. The monoisotopic (exact) mass is 301 g/mol. The number of rotatable bonds is 3. The number of carbonyl (C=O) groups is 2. The summed E-state index contributed by atoms with van der Waals surface area (Å²) >= 11 is 0. The van der Waals surface area contributed by atoms with Crippen LogP contribution in [0, 0.1) is 0 Å². The number of H-pyrrole nitrogens is 1. The van der Waals surface area contributed by atoms with Gasteiger partial charge in [0, 0.05) is 26.0 Å². The van der Waals surface area contributed by atoms with Gasteiger partial charge in [0.2, 0.25) is 5.91 Å². The van der Waals surface area contributed by atoms with Gasteiger partial charge in [0.25, 0.3) is 5.91 Å². The van der Waals surface area contributed by atoms with Crippen LogP contribution >= 0.6 is 0 Å². The van der Waals surface area contributed by atoms with Crippen LogP contribution in [0.3, 0.4) is 0 Å². The Morgan fingerprint density at radius 2 is 2.23 bits per heavy atom. The first-order valence-electron chi connectivity index (χ1n) is 7.34. The molecule has 0 spiro atoms. The lowest BCUT2D eigenvalue weighted by atomic mass is 9.99. The molecule has 7 heteroatoms. The number of amides is 2. The zero-order valence-electron chi connectivity index (χ0n) is 12.5. The van der Waals surface area contributed by atoms with Gasteiger partial charge in [-0.2, -0.15) is 5.10 Å². The lowest BCUT2D eigenvalue weighted by Crippen LogP contribution is -2.39. The highest BCUT2D eigenvalue weighted by Gasteiger charge is 2.31. The van der Waals surface area contributed by atoms with Crippen LogP contribution in [-0.2, 0) is 7.05 Å². The third-order valence-corrected chi connectivity index (χ3v) is 4.15. The molecule has 2 aromatic heterocycles. The lowest BCUT2D eigenvalue weighted by molar-refractivity contribution is 0.0596. The molecule has 1 aliphatic rings. The van der Waals surface area contributed by atoms with Gasteiger partial charge in [-0.1, -0.05) is 0 Å². The van der Waals surface area contributed by atoms with Crippen LogP contribution in [0.5, 0.6) is 0 Å². The molecule has 2 aromatic rings. The molecule has 0 saturated carbocycles. The fourth-order valence-electron chi connectivity index (χ4n) is 3.01. The lowest BCUT2D eigenvalue weighted by Gasteiger charge is -2.35. The number of nitrogens with one attached hydrogen (secondary N) is 1. The van der Waals surface area contributed by atoms with Gasteiger partial charge in [0.05, 0.1) is 17.3 Å². The SMILES string of the molecule is Cn1cc(C(N)=O)cc1C(=O)N1CCCCC1c1ccn[nH]1. The highest BCUT2D eigenvalue weighted by molar-refractivity contribution is 5.98. The first-order chi connectivity index (χ1) is 10.6. The molecule has 1 fully saturated rings. The summed E-state index contributed by atoms with van der Waals surface area (Å²) < 4.78 is 1.65. The average Bonchev–Trinajstić information content (AvgIpc) is 3.16. The number of aromatic nitrogens is 3. The fraction of sp³-hybridized carbons (Fsp3) is 0.400. The summed E-state index contributed by atoms with van der Waals surface area (Å²) in [6.45, 7) is 0.694. The number of piperidine rings is 1. The van der Waals surface area contributed by atoms with Crippen molar-refractivity contribution >= 4 is 11.8 Å². The zero-order valence-corrected chi connectivity index (χ0v) is 12.5. The smallest absolute Gasteiger partial charge is 0.271 e. The molecule has 2 amide bonds. The van der Waals surface area contributed by atoms with E-state index >= 15 is 0 Å². The second-order valence-electron chi connectivity index (χ2n) is 5.61. The summed E-state index contributed by atoms with van der Waals surface area (Å²) in [6.07, 6.45) is 6.24. The Labute approximate surface area is 128 Å². The van der Waals surface area contributed by atoms with Crippen molar-refractivity contribution in [1.82, 2.24) is 19.7 Å². The van der Waals surface area contributed by atoms with Crippen LogP contribution < -0.4 is 5.73 Å². The predicted octanol–water partition coefficient (Wildman–Crippen LogP) is 1.21. The maximum atomic E-state index is 12.9. The van der Waals surface area contributed by atoms with E-state index in [-0.39, 0.29) is 11.9 Å². The molecule has 0 aliphatic carbocycles. The Balaban J connectivity index is 1.90. The normalized spacial score (nSPS) is 18.4. The van der Waals surface area contributed by atoms with Gasteiger partial charge >= 0.3 is 0 Å². The Hall–Kier alpha value is -2.57. The van der Waals surface area contributed by atoms with Crippen molar-refractivity contribution in [3.8, 4) is 0 Å². The topological polar surface area (TPSA) is 97.0 Å². The summed E-state index contributed by atoms with van der Waals surface area (Å²) in [4.78, 5) is 26.0. The number of nitrogens with zero attached hydrogens (tertiary/aromatic N) is 3. The van der Waals surface area contributed by atoms with E-state index in [9.17, 15) is 9.59 Å².